The summed E-state index contributed by atoms with van der Waals surface area (Å²) in [5, 5.41) is 0.406. The van der Waals surface area contributed by atoms with E-state index in [2.05, 4.69) is 4.98 Å². The zero-order valence-corrected chi connectivity index (χ0v) is 13.0. The lowest BCUT2D eigenvalue weighted by atomic mass is 10.2. The van der Waals surface area contributed by atoms with Gasteiger partial charge in [-0.05, 0) is 24.6 Å². The summed E-state index contributed by atoms with van der Waals surface area (Å²) in [6, 6.07) is 4.34. The van der Waals surface area contributed by atoms with E-state index in [0.717, 1.165) is 20.5 Å². The summed E-state index contributed by atoms with van der Waals surface area (Å²) in [5.41, 5.74) is 6.85. The Hall–Kier alpha value is -1.11. The first-order valence-corrected chi connectivity index (χ1v) is 7.95. The van der Waals surface area contributed by atoms with E-state index in [1.807, 2.05) is 6.92 Å². The minimum absolute atomic E-state index is 0.210. The number of halogens is 2. The van der Waals surface area contributed by atoms with Gasteiger partial charge in [0.1, 0.15) is 5.82 Å². The number of nitrogens with zero attached hydrogens (tertiary/aromatic N) is 1. The van der Waals surface area contributed by atoms with Crippen molar-refractivity contribution in [2.24, 2.45) is 5.73 Å². The molecule has 0 fully saturated rings. The molecular formula is C13H12ClFN2OS2. The molecule has 7 heteroatoms. The Morgan fingerprint density at radius 1 is 1.55 bits per heavy atom. The number of primary amides is 1. The van der Waals surface area contributed by atoms with Gasteiger partial charge in [-0.2, -0.15) is 0 Å². The second-order valence-electron chi connectivity index (χ2n) is 4.16. The lowest BCUT2D eigenvalue weighted by molar-refractivity contribution is -0.117. The second-order valence-corrected chi connectivity index (χ2v) is 6.87. The fraction of sp³-hybridized carbons (Fsp3) is 0.231. The van der Waals surface area contributed by atoms with Gasteiger partial charge in [0.05, 0.1) is 12.1 Å². The van der Waals surface area contributed by atoms with E-state index in [-0.39, 0.29) is 18.1 Å². The van der Waals surface area contributed by atoms with Gasteiger partial charge in [0, 0.05) is 15.7 Å². The maximum atomic E-state index is 12.9. The van der Waals surface area contributed by atoms with Crippen LogP contribution in [0.15, 0.2) is 22.5 Å². The molecule has 0 bridgehead atoms. The highest BCUT2D eigenvalue weighted by atomic mass is 35.5. The number of hydrogen-bond donors (Lipinski definition) is 1. The number of aromatic nitrogens is 1. The molecule has 0 radical (unpaired) electrons. The van der Waals surface area contributed by atoms with Crippen LogP contribution in [-0.4, -0.2) is 10.9 Å². The number of hydrogen-bond acceptors (Lipinski definition) is 4. The van der Waals surface area contributed by atoms with E-state index < -0.39 is 0 Å². The largest absolute Gasteiger partial charge is 0.369 e. The molecule has 106 valence electrons. The van der Waals surface area contributed by atoms with Crippen LogP contribution < -0.4 is 5.73 Å². The first kappa shape index (κ1) is 15.3. The van der Waals surface area contributed by atoms with Crippen molar-refractivity contribution in [3.8, 4) is 0 Å². The molecule has 1 heterocycles. The van der Waals surface area contributed by atoms with E-state index in [9.17, 15) is 9.18 Å². The molecule has 1 amide bonds. The minimum Gasteiger partial charge on any atom is -0.369 e. The Morgan fingerprint density at radius 2 is 2.30 bits per heavy atom. The van der Waals surface area contributed by atoms with Crippen molar-refractivity contribution in [3.63, 3.8) is 0 Å². The van der Waals surface area contributed by atoms with Crippen molar-refractivity contribution in [1.82, 2.24) is 4.98 Å². The van der Waals surface area contributed by atoms with E-state index in [4.69, 9.17) is 17.3 Å². The number of amides is 1. The average Bonchev–Trinajstić information content (AvgIpc) is 2.68. The number of thioether (sulfide) groups is 1. The van der Waals surface area contributed by atoms with Crippen LogP contribution in [0.3, 0.4) is 0 Å². The van der Waals surface area contributed by atoms with Crippen molar-refractivity contribution in [1.29, 1.82) is 0 Å². The number of benzene rings is 1. The molecule has 0 aliphatic carbocycles. The monoisotopic (exact) mass is 330 g/mol. The van der Waals surface area contributed by atoms with Gasteiger partial charge in [-0.3, -0.25) is 4.79 Å². The van der Waals surface area contributed by atoms with Gasteiger partial charge in [-0.1, -0.05) is 29.4 Å². The molecule has 2 aromatic rings. The Labute approximate surface area is 129 Å². The molecule has 1 aromatic carbocycles. The van der Waals surface area contributed by atoms with Gasteiger partial charge in [0.15, 0.2) is 4.34 Å². The first-order valence-electron chi connectivity index (χ1n) is 5.77. The summed E-state index contributed by atoms with van der Waals surface area (Å²) >= 11 is 8.92. The van der Waals surface area contributed by atoms with Gasteiger partial charge in [0.25, 0.3) is 0 Å². The standard InChI is InChI=1S/C13H12ClFN2OS2/c1-7-11(5-12(16)18)20-13(17-7)19-6-8-2-3-9(15)4-10(8)14/h2-4H,5-6H2,1H3,(H2,16,18). The van der Waals surface area contributed by atoms with Crippen LogP contribution in [-0.2, 0) is 17.0 Å². The molecule has 0 unspecified atom stereocenters. The quantitative estimate of drug-likeness (QED) is 0.853. The van der Waals surface area contributed by atoms with E-state index in [0.29, 0.717) is 10.8 Å². The zero-order chi connectivity index (χ0) is 14.7. The van der Waals surface area contributed by atoms with Crippen LogP contribution in [0.1, 0.15) is 16.1 Å². The molecule has 0 aliphatic rings. The first-order chi connectivity index (χ1) is 9.45. The number of rotatable bonds is 5. The van der Waals surface area contributed by atoms with Crippen molar-refractivity contribution in [3.05, 3.63) is 45.2 Å². The van der Waals surface area contributed by atoms with Crippen LogP contribution in [0.4, 0.5) is 4.39 Å². The lowest BCUT2D eigenvalue weighted by Gasteiger charge is -2.02. The van der Waals surface area contributed by atoms with Crippen LogP contribution >= 0.6 is 34.7 Å². The summed E-state index contributed by atoms with van der Waals surface area (Å²) in [6.07, 6.45) is 0.210. The highest BCUT2D eigenvalue weighted by Crippen LogP contribution is 2.31. The van der Waals surface area contributed by atoms with Crippen LogP contribution in [0.5, 0.6) is 0 Å². The van der Waals surface area contributed by atoms with Crippen LogP contribution in [0.2, 0.25) is 5.02 Å². The normalized spacial score (nSPS) is 10.8. The third-order valence-electron chi connectivity index (χ3n) is 2.57. The molecule has 1 aromatic heterocycles. The van der Waals surface area contributed by atoms with Gasteiger partial charge in [-0.15, -0.1) is 11.3 Å². The molecule has 0 aliphatic heterocycles. The molecular weight excluding hydrogens is 319 g/mol. The molecule has 0 spiro atoms. The summed E-state index contributed by atoms with van der Waals surface area (Å²) in [7, 11) is 0. The van der Waals surface area contributed by atoms with Crippen molar-refractivity contribution < 1.29 is 9.18 Å². The highest BCUT2D eigenvalue weighted by molar-refractivity contribution is 8.00. The predicted octanol–water partition coefficient (Wildman–Crippen LogP) is 3.56. The molecule has 20 heavy (non-hydrogen) atoms. The lowest BCUT2D eigenvalue weighted by Crippen LogP contribution is -2.13. The molecule has 2 rings (SSSR count). The van der Waals surface area contributed by atoms with Gasteiger partial charge < -0.3 is 5.73 Å². The molecule has 0 atom stereocenters. The third kappa shape index (κ3) is 3.94. The zero-order valence-electron chi connectivity index (χ0n) is 10.7. The molecule has 3 nitrogen and oxygen atoms in total. The van der Waals surface area contributed by atoms with Gasteiger partial charge in [-0.25, -0.2) is 9.37 Å². The number of carbonyl (C=O) groups is 1. The van der Waals surface area contributed by atoms with E-state index >= 15 is 0 Å². The summed E-state index contributed by atoms with van der Waals surface area (Å²) < 4.78 is 13.8. The van der Waals surface area contributed by atoms with Gasteiger partial charge >= 0.3 is 0 Å². The van der Waals surface area contributed by atoms with Gasteiger partial charge in [0.2, 0.25) is 5.91 Å². The van der Waals surface area contributed by atoms with Crippen molar-refractivity contribution in [2.75, 3.05) is 0 Å². The summed E-state index contributed by atoms with van der Waals surface area (Å²) in [5.74, 6) is -0.116. The maximum absolute atomic E-state index is 12.9. The van der Waals surface area contributed by atoms with E-state index in [1.54, 1.807) is 6.07 Å². The summed E-state index contributed by atoms with van der Waals surface area (Å²) in [6.45, 7) is 1.85. The number of thiazole rings is 1. The minimum atomic E-state index is -0.366. The Bertz CT molecular complexity index is 645. The Balaban J connectivity index is 2.05. The van der Waals surface area contributed by atoms with Crippen molar-refractivity contribution in [2.45, 2.75) is 23.4 Å². The van der Waals surface area contributed by atoms with E-state index in [1.165, 1.54) is 35.2 Å². The Morgan fingerprint density at radius 3 is 2.95 bits per heavy atom. The highest BCUT2D eigenvalue weighted by Gasteiger charge is 2.11. The predicted molar refractivity (Wildman–Crippen MR) is 80.7 cm³/mol. The smallest absolute Gasteiger partial charge is 0.222 e. The topological polar surface area (TPSA) is 56.0 Å². The fourth-order valence-electron chi connectivity index (χ4n) is 1.56. The fourth-order valence-corrected chi connectivity index (χ4v) is 4.12. The average molecular weight is 331 g/mol. The molecule has 2 N–H and O–H groups in total. The number of nitrogens with two attached hydrogens (primary N) is 1. The Kier molecular flexibility index (Phi) is 5.01. The SMILES string of the molecule is Cc1nc(SCc2ccc(F)cc2Cl)sc1CC(N)=O. The second kappa shape index (κ2) is 6.56. The third-order valence-corrected chi connectivity index (χ3v) is 5.28. The molecule has 0 saturated heterocycles. The summed E-state index contributed by atoms with van der Waals surface area (Å²) in [4.78, 5) is 16.2. The molecule has 0 saturated carbocycles. The number of carbonyl (C=O) groups excluding carboxylic acids is 1. The van der Waals surface area contributed by atoms with Crippen LogP contribution in [0.25, 0.3) is 0 Å². The van der Waals surface area contributed by atoms with Crippen molar-refractivity contribution >= 4 is 40.6 Å². The van der Waals surface area contributed by atoms with Crippen LogP contribution in [0, 0.1) is 12.7 Å². The number of aryl methyl sites for hydroxylation is 1. The maximum Gasteiger partial charge on any atom is 0.222 e.